The molecular weight excluding hydrogens is 604 g/mol. The number of pyridine rings is 1. The van der Waals surface area contributed by atoms with Gasteiger partial charge in [-0.15, -0.1) is 11.8 Å². The van der Waals surface area contributed by atoms with Crippen molar-refractivity contribution in [1.82, 2.24) is 15.2 Å². The topological polar surface area (TPSA) is 130 Å². The average Bonchev–Trinajstić information content (AvgIpc) is 3.33. The van der Waals surface area contributed by atoms with E-state index in [4.69, 9.17) is 19.5 Å². The first-order valence-electron chi connectivity index (χ1n) is 16.5. The van der Waals surface area contributed by atoms with Crippen molar-refractivity contribution in [2.24, 2.45) is 16.8 Å². The molecule has 246 valence electrons. The molecule has 2 aromatic rings. The normalized spacial score (nSPS) is 29.3. The van der Waals surface area contributed by atoms with Crippen LogP contribution in [-0.4, -0.2) is 81.0 Å². The van der Waals surface area contributed by atoms with Gasteiger partial charge in [-0.1, -0.05) is 38.8 Å². The molecule has 46 heavy (non-hydrogen) atoms. The molecule has 4 aliphatic rings. The molecule has 1 saturated carbocycles. The number of nitrogens with zero attached hydrogens (tertiary/aromatic N) is 3. The number of ether oxygens (including phenoxy) is 2. The van der Waals surface area contributed by atoms with Crippen molar-refractivity contribution in [3.63, 3.8) is 0 Å². The Morgan fingerprint density at radius 3 is 2.72 bits per heavy atom. The van der Waals surface area contributed by atoms with Gasteiger partial charge in [0.2, 0.25) is 11.8 Å². The van der Waals surface area contributed by atoms with Gasteiger partial charge in [-0.3, -0.25) is 14.6 Å². The van der Waals surface area contributed by atoms with Crippen LogP contribution >= 0.6 is 11.8 Å². The van der Waals surface area contributed by atoms with Crippen LogP contribution in [0.5, 0.6) is 11.5 Å². The van der Waals surface area contributed by atoms with Crippen molar-refractivity contribution in [2.45, 2.75) is 95.9 Å². The second-order valence-corrected chi connectivity index (χ2v) is 14.4. The summed E-state index contributed by atoms with van der Waals surface area (Å²) in [5.41, 5.74) is 1.03. The van der Waals surface area contributed by atoms with Crippen LogP contribution in [0.1, 0.15) is 76.5 Å². The molecule has 1 aromatic carbocycles. The summed E-state index contributed by atoms with van der Waals surface area (Å²) in [4.78, 5) is 51.2. The number of thioether (sulfide) groups is 1. The SMILES string of the molecule is COc1ccc2c(O[C@@H]3C[C@H]4C(=O)N[C@]5(C(=O)O)C[C@H]5/C=C\CCCCCCC(=O)N4C3)cc(C3=NC(C(C)C)CS3)nc2c1C. The molecule has 2 fully saturated rings. The molecule has 2 N–H and O–H groups in total. The molecule has 2 amide bonds. The molecule has 0 radical (unpaired) electrons. The number of aryl methyl sites for hydroxylation is 1. The Kier molecular flexibility index (Phi) is 9.32. The minimum atomic E-state index is -1.33. The van der Waals surface area contributed by atoms with E-state index in [0.717, 1.165) is 70.8 Å². The van der Waals surface area contributed by atoms with Gasteiger partial charge in [0.15, 0.2) is 0 Å². The van der Waals surface area contributed by atoms with Crippen LogP contribution in [0, 0.1) is 18.8 Å². The van der Waals surface area contributed by atoms with Gasteiger partial charge in [-0.25, -0.2) is 9.78 Å². The van der Waals surface area contributed by atoms with E-state index < -0.39 is 29.6 Å². The number of amides is 2. The summed E-state index contributed by atoms with van der Waals surface area (Å²) in [6.07, 6.45) is 8.96. The third-order valence-electron chi connectivity index (χ3n) is 9.83. The fourth-order valence-electron chi connectivity index (χ4n) is 6.83. The quantitative estimate of drug-likeness (QED) is 0.405. The molecule has 1 aromatic heterocycles. The van der Waals surface area contributed by atoms with Crippen molar-refractivity contribution in [3.8, 4) is 11.5 Å². The van der Waals surface area contributed by atoms with Gasteiger partial charge in [-0.2, -0.15) is 0 Å². The van der Waals surface area contributed by atoms with Crippen molar-refractivity contribution in [2.75, 3.05) is 19.4 Å². The number of rotatable bonds is 6. The van der Waals surface area contributed by atoms with E-state index >= 15 is 0 Å². The van der Waals surface area contributed by atoms with E-state index in [0.29, 0.717) is 24.5 Å². The van der Waals surface area contributed by atoms with Crippen molar-refractivity contribution < 1.29 is 29.0 Å². The monoisotopic (exact) mass is 648 g/mol. The number of aliphatic imine (C=N–C) groups is 1. The lowest BCUT2D eigenvalue weighted by molar-refractivity contribution is -0.145. The smallest absolute Gasteiger partial charge is 0.330 e. The molecular formula is C35H44N4O6S. The van der Waals surface area contributed by atoms with Gasteiger partial charge in [0.1, 0.15) is 34.2 Å². The molecule has 4 heterocycles. The Morgan fingerprint density at radius 2 is 1.98 bits per heavy atom. The standard InChI is InChI=1S/C35H44N4O6S/c1-20(2)26-19-46-33(37-26)25-16-29(24-13-14-28(44-4)21(3)31(24)36-25)45-23-15-27-32(41)38-35(34(42)43)17-22(35)11-9-7-5-6-8-10-12-30(40)39(27)18-23/h9,11,13-14,16,20,22-23,26-27H,5-8,10,12,15,17-19H2,1-4H3,(H,38,41)(H,42,43)/b11-9-/t22-,23-,26?,27+,35-/m1/s1. The molecule has 11 heteroatoms. The summed E-state index contributed by atoms with van der Waals surface area (Å²) in [6.45, 7) is 6.54. The van der Waals surface area contributed by atoms with Crippen molar-refractivity contribution >= 4 is 45.5 Å². The fourth-order valence-corrected chi connectivity index (χ4v) is 8.08. The molecule has 0 spiro atoms. The predicted molar refractivity (Wildman–Crippen MR) is 179 cm³/mol. The highest BCUT2D eigenvalue weighted by Gasteiger charge is 2.61. The summed E-state index contributed by atoms with van der Waals surface area (Å²) in [5, 5.41) is 14.6. The largest absolute Gasteiger partial charge is 0.496 e. The molecule has 1 saturated heterocycles. The Morgan fingerprint density at radius 1 is 1.17 bits per heavy atom. The van der Waals surface area contributed by atoms with Gasteiger partial charge in [-0.05, 0) is 50.7 Å². The first kappa shape index (κ1) is 32.3. The Labute approximate surface area is 274 Å². The molecule has 3 aliphatic heterocycles. The van der Waals surface area contributed by atoms with Gasteiger partial charge < -0.3 is 24.8 Å². The molecule has 0 bridgehead atoms. The maximum atomic E-state index is 13.8. The van der Waals surface area contributed by atoms with E-state index in [1.54, 1.807) is 23.8 Å². The first-order chi connectivity index (χ1) is 22.1. The van der Waals surface area contributed by atoms with E-state index in [1.165, 1.54) is 0 Å². The maximum absolute atomic E-state index is 13.8. The molecule has 10 nitrogen and oxygen atoms in total. The Hall–Kier alpha value is -3.60. The molecule has 5 atom stereocenters. The first-order valence-corrected chi connectivity index (χ1v) is 17.5. The van der Waals surface area contributed by atoms with Crippen molar-refractivity contribution in [1.29, 1.82) is 0 Å². The highest BCUT2D eigenvalue weighted by atomic mass is 32.2. The number of methoxy groups -OCH3 is 1. The average molecular weight is 649 g/mol. The number of benzene rings is 1. The molecule has 6 rings (SSSR count). The molecule has 1 unspecified atom stereocenters. The van der Waals surface area contributed by atoms with Crippen LogP contribution < -0.4 is 14.8 Å². The zero-order chi connectivity index (χ0) is 32.6. The van der Waals surface area contributed by atoms with E-state index in [9.17, 15) is 19.5 Å². The van der Waals surface area contributed by atoms with Crippen LogP contribution in [0.15, 0.2) is 35.3 Å². The number of aromatic nitrogens is 1. The number of carbonyl (C=O) groups is 3. The number of hydrogen-bond acceptors (Lipinski definition) is 8. The number of hydrogen-bond donors (Lipinski definition) is 2. The number of carbonyl (C=O) groups excluding carboxylic acids is 2. The maximum Gasteiger partial charge on any atom is 0.330 e. The van der Waals surface area contributed by atoms with E-state index in [1.807, 2.05) is 37.3 Å². The van der Waals surface area contributed by atoms with Crippen LogP contribution in [0.3, 0.4) is 0 Å². The highest BCUT2D eigenvalue weighted by Crippen LogP contribution is 2.45. The summed E-state index contributed by atoms with van der Waals surface area (Å²) in [5.74, 6) is 0.792. The lowest BCUT2D eigenvalue weighted by Gasteiger charge is -2.25. The van der Waals surface area contributed by atoms with Crippen LogP contribution in [-0.2, 0) is 14.4 Å². The zero-order valence-corrected chi connectivity index (χ0v) is 27.9. The van der Waals surface area contributed by atoms with E-state index in [2.05, 4.69) is 19.2 Å². The van der Waals surface area contributed by atoms with Gasteiger partial charge in [0, 0.05) is 41.5 Å². The second-order valence-electron chi connectivity index (χ2n) is 13.3. The van der Waals surface area contributed by atoms with Gasteiger partial charge in [0.25, 0.3) is 0 Å². The number of allylic oxidation sites excluding steroid dienone is 1. The summed E-state index contributed by atoms with van der Waals surface area (Å²) in [6, 6.07) is 5.13. The predicted octanol–water partition coefficient (Wildman–Crippen LogP) is 5.29. The minimum Gasteiger partial charge on any atom is -0.496 e. The summed E-state index contributed by atoms with van der Waals surface area (Å²) >= 11 is 1.69. The number of carboxylic acids is 1. The van der Waals surface area contributed by atoms with Gasteiger partial charge >= 0.3 is 5.97 Å². The van der Waals surface area contributed by atoms with Crippen molar-refractivity contribution in [3.05, 3.63) is 41.6 Å². The number of fused-ring (bicyclic) bond motifs is 3. The number of carboxylic acid groups (broad SMARTS) is 1. The molecule has 1 aliphatic carbocycles. The zero-order valence-electron chi connectivity index (χ0n) is 27.1. The third-order valence-corrected chi connectivity index (χ3v) is 10.9. The van der Waals surface area contributed by atoms with Gasteiger partial charge in [0.05, 0.1) is 30.9 Å². The third kappa shape index (κ3) is 6.35. The van der Waals surface area contributed by atoms with Crippen LogP contribution in [0.25, 0.3) is 10.9 Å². The lowest BCUT2D eigenvalue weighted by Crippen LogP contribution is -2.53. The summed E-state index contributed by atoms with van der Waals surface area (Å²) < 4.78 is 12.3. The van der Waals surface area contributed by atoms with Crippen LogP contribution in [0.2, 0.25) is 0 Å². The second kappa shape index (κ2) is 13.3. The van der Waals surface area contributed by atoms with E-state index in [-0.39, 0.29) is 30.8 Å². The minimum absolute atomic E-state index is 0.103. The Balaban J connectivity index is 1.31. The number of aliphatic carboxylic acids is 1. The number of nitrogens with one attached hydrogen (secondary N) is 1. The fraction of sp³-hybridized carbons (Fsp3) is 0.571. The highest BCUT2D eigenvalue weighted by molar-refractivity contribution is 8.14. The van der Waals surface area contributed by atoms with Crippen LogP contribution in [0.4, 0.5) is 0 Å². The lowest BCUT2D eigenvalue weighted by atomic mass is 10.1. The summed E-state index contributed by atoms with van der Waals surface area (Å²) in [7, 11) is 1.63. The Bertz CT molecular complexity index is 1590.